The zero-order valence-corrected chi connectivity index (χ0v) is 14.9. The van der Waals surface area contributed by atoms with Gasteiger partial charge in [-0.25, -0.2) is 9.69 Å². The van der Waals surface area contributed by atoms with E-state index in [2.05, 4.69) is 5.32 Å². The van der Waals surface area contributed by atoms with Gasteiger partial charge in [0.2, 0.25) is 0 Å². The predicted molar refractivity (Wildman–Crippen MR) is 99.5 cm³/mol. The summed E-state index contributed by atoms with van der Waals surface area (Å²) >= 11 is 0. The van der Waals surface area contributed by atoms with Crippen LogP contribution in [0.1, 0.15) is 18.1 Å². The molecule has 0 atom stereocenters. The number of carbonyl (C=O) groups excluding carboxylic acids is 3. The molecule has 1 fully saturated rings. The van der Waals surface area contributed by atoms with Crippen molar-refractivity contribution in [2.75, 3.05) is 12.0 Å². The molecular weight excluding hydrogens is 348 g/mol. The molecule has 0 aliphatic carbocycles. The Morgan fingerprint density at radius 3 is 2.44 bits per heavy atom. The molecule has 7 heteroatoms. The molecule has 138 valence electrons. The van der Waals surface area contributed by atoms with E-state index in [1.165, 1.54) is 31.4 Å². The molecular formula is C20H18N2O5. The van der Waals surface area contributed by atoms with Gasteiger partial charge in [-0.05, 0) is 47.9 Å². The Morgan fingerprint density at radius 2 is 1.81 bits per heavy atom. The zero-order chi connectivity index (χ0) is 19.6. The van der Waals surface area contributed by atoms with Crippen LogP contribution in [0.5, 0.6) is 11.5 Å². The summed E-state index contributed by atoms with van der Waals surface area (Å²) in [6.45, 7) is 2.00. The van der Waals surface area contributed by atoms with E-state index >= 15 is 0 Å². The maximum atomic E-state index is 12.8. The molecule has 0 bridgehead atoms. The van der Waals surface area contributed by atoms with Gasteiger partial charge in [-0.1, -0.05) is 25.1 Å². The largest absolute Gasteiger partial charge is 0.504 e. The van der Waals surface area contributed by atoms with Gasteiger partial charge in [0.05, 0.1) is 12.8 Å². The van der Waals surface area contributed by atoms with Gasteiger partial charge in [0.15, 0.2) is 11.5 Å². The fraction of sp³-hybridized carbons (Fsp3) is 0.150. The third kappa shape index (κ3) is 3.52. The molecule has 0 unspecified atom stereocenters. The molecule has 4 amide bonds. The van der Waals surface area contributed by atoms with E-state index in [9.17, 15) is 19.5 Å². The number of rotatable bonds is 4. The molecule has 7 nitrogen and oxygen atoms in total. The number of hydrogen-bond acceptors (Lipinski definition) is 5. The van der Waals surface area contributed by atoms with E-state index in [-0.39, 0.29) is 17.1 Å². The summed E-state index contributed by atoms with van der Waals surface area (Å²) in [6.07, 6.45) is 2.17. The lowest BCUT2D eigenvalue weighted by Gasteiger charge is -2.26. The van der Waals surface area contributed by atoms with Gasteiger partial charge < -0.3 is 9.84 Å². The van der Waals surface area contributed by atoms with Gasteiger partial charge in [0.25, 0.3) is 11.8 Å². The number of carbonyl (C=O) groups is 3. The van der Waals surface area contributed by atoms with E-state index < -0.39 is 17.8 Å². The van der Waals surface area contributed by atoms with Gasteiger partial charge in [0.1, 0.15) is 5.57 Å². The molecule has 0 saturated carbocycles. The quantitative estimate of drug-likeness (QED) is 0.641. The number of aryl methyl sites for hydroxylation is 1. The minimum atomic E-state index is -0.797. The summed E-state index contributed by atoms with van der Waals surface area (Å²) in [5.74, 6) is -1.36. The lowest BCUT2D eigenvalue weighted by molar-refractivity contribution is -0.122. The molecule has 2 aromatic carbocycles. The van der Waals surface area contributed by atoms with Crippen LogP contribution in [0.3, 0.4) is 0 Å². The number of amides is 4. The van der Waals surface area contributed by atoms with Crippen molar-refractivity contribution in [2.24, 2.45) is 0 Å². The third-order valence-electron chi connectivity index (χ3n) is 4.22. The molecule has 27 heavy (non-hydrogen) atoms. The number of imide groups is 2. The van der Waals surface area contributed by atoms with Crippen LogP contribution in [0.2, 0.25) is 0 Å². The Labute approximate surface area is 155 Å². The first-order valence-corrected chi connectivity index (χ1v) is 8.32. The van der Waals surface area contributed by atoms with Crippen molar-refractivity contribution in [3.63, 3.8) is 0 Å². The smallest absolute Gasteiger partial charge is 0.335 e. The van der Waals surface area contributed by atoms with Crippen molar-refractivity contribution in [2.45, 2.75) is 13.3 Å². The number of urea groups is 1. The molecule has 3 rings (SSSR count). The SMILES string of the molecule is CCc1ccc(N2C(=O)NC(=O)/C(=C/c3ccc(O)c(OC)c3)C2=O)cc1. The minimum Gasteiger partial charge on any atom is -0.504 e. The number of phenolic OH excluding ortho intramolecular Hbond substituents is 1. The Morgan fingerprint density at radius 1 is 1.11 bits per heavy atom. The molecule has 0 radical (unpaired) electrons. The molecule has 1 heterocycles. The number of nitrogens with zero attached hydrogens (tertiary/aromatic N) is 1. The maximum Gasteiger partial charge on any atom is 0.335 e. The molecule has 2 aromatic rings. The Hall–Kier alpha value is -3.61. The number of ether oxygens (including phenoxy) is 1. The van der Waals surface area contributed by atoms with Crippen LogP contribution in [0.15, 0.2) is 48.0 Å². The van der Waals surface area contributed by atoms with Crippen LogP contribution in [0.25, 0.3) is 6.08 Å². The van der Waals surface area contributed by atoms with E-state index in [0.717, 1.165) is 16.9 Å². The molecule has 0 spiro atoms. The first-order valence-electron chi connectivity index (χ1n) is 8.32. The topological polar surface area (TPSA) is 95.9 Å². The Balaban J connectivity index is 1.99. The van der Waals surface area contributed by atoms with Gasteiger partial charge in [-0.15, -0.1) is 0 Å². The standard InChI is InChI=1S/C20H18N2O5/c1-3-12-4-7-14(8-5-12)22-19(25)15(18(24)21-20(22)26)10-13-6-9-16(23)17(11-13)27-2/h4-11,23H,3H2,1-2H3,(H,21,24,26)/b15-10-. The number of nitrogens with one attached hydrogen (secondary N) is 1. The fourth-order valence-corrected chi connectivity index (χ4v) is 2.72. The van der Waals surface area contributed by atoms with Gasteiger partial charge >= 0.3 is 6.03 Å². The summed E-state index contributed by atoms with van der Waals surface area (Å²) in [5.41, 5.74) is 1.71. The van der Waals surface area contributed by atoms with Crippen molar-refractivity contribution in [3.8, 4) is 11.5 Å². The lowest BCUT2D eigenvalue weighted by atomic mass is 10.1. The van der Waals surface area contributed by atoms with E-state index in [1.54, 1.807) is 12.1 Å². The highest BCUT2D eigenvalue weighted by Gasteiger charge is 2.36. The van der Waals surface area contributed by atoms with Crippen LogP contribution in [0, 0.1) is 0 Å². The van der Waals surface area contributed by atoms with E-state index in [4.69, 9.17) is 4.74 Å². The summed E-state index contributed by atoms with van der Waals surface area (Å²) in [4.78, 5) is 38.1. The lowest BCUT2D eigenvalue weighted by Crippen LogP contribution is -2.54. The van der Waals surface area contributed by atoms with Gasteiger partial charge in [-0.3, -0.25) is 14.9 Å². The highest BCUT2D eigenvalue weighted by atomic mass is 16.5. The first kappa shape index (κ1) is 18.2. The van der Waals surface area contributed by atoms with Crippen molar-refractivity contribution in [1.29, 1.82) is 0 Å². The summed E-state index contributed by atoms with van der Waals surface area (Å²) in [5, 5.41) is 11.8. The summed E-state index contributed by atoms with van der Waals surface area (Å²) in [6, 6.07) is 10.6. The number of benzene rings is 2. The van der Waals surface area contributed by atoms with Crippen molar-refractivity contribution in [1.82, 2.24) is 5.32 Å². The van der Waals surface area contributed by atoms with Crippen LogP contribution >= 0.6 is 0 Å². The van der Waals surface area contributed by atoms with E-state index in [1.807, 2.05) is 19.1 Å². The fourth-order valence-electron chi connectivity index (χ4n) is 2.72. The average Bonchev–Trinajstić information content (AvgIpc) is 2.66. The number of aromatic hydroxyl groups is 1. The summed E-state index contributed by atoms with van der Waals surface area (Å²) in [7, 11) is 1.39. The molecule has 0 aromatic heterocycles. The van der Waals surface area contributed by atoms with Crippen molar-refractivity contribution in [3.05, 3.63) is 59.2 Å². The van der Waals surface area contributed by atoms with Crippen LogP contribution < -0.4 is 15.0 Å². The second-order valence-corrected chi connectivity index (χ2v) is 5.91. The van der Waals surface area contributed by atoms with Crippen molar-refractivity contribution >= 4 is 29.6 Å². The van der Waals surface area contributed by atoms with Gasteiger partial charge in [0, 0.05) is 0 Å². The monoisotopic (exact) mass is 366 g/mol. The van der Waals surface area contributed by atoms with E-state index in [0.29, 0.717) is 11.3 Å². The average molecular weight is 366 g/mol. The number of hydrogen-bond donors (Lipinski definition) is 2. The highest BCUT2D eigenvalue weighted by molar-refractivity contribution is 6.39. The third-order valence-corrected chi connectivity index (χ3v) is 4.22. The molecule has 1 aliphatic rings. The Kier molecular flexibility index (Phi) is 4.94. The number of barbiturate groups is 1. The first-order chi connectivity index (χ1) is 12.9. The summed E-state index contributed by atoms with van der Waals surface area (Å²) < 4.78 is 5.03. The number of anilines is 1. The highest BCUT2D eigenvalue weighted by Crippen LogP contribution is 2.28. The number of phenols is 1. The molecule has 1 aliphatic heterocycles. The second kappa shape index (κ2) is 7.33. The Bertz CT molecular complexity index is 947. The van der Waals surface area contributed by atoms with Crippen LogP contribution in [0.4, 0.5) is 10.5 Å². The molecule has 2 N–H and O–H groups in total. The normalized spacial score (nSPS) is 15.9. The predicted octanol–water partition coefficient (Wildman–Crippen LogP) is 2.63. The zero-order valence-electron chi connectivity index (χ0n) is 14.9. The molecule has 1 saturated heterocycles. The van der Waals surface area contributed by atoms with Crippen molar-refractivity contribution < 1.29 is 24.2 Å². The van der Waals surface area contributed by atoms with Gasteiger partial charge in [-0.2, -0.15) is 0 Å². The number of methoxy groups -OCH3 is 1. The maximum absolute atomic E-state index is 12.8. The second-order valence-electron chi connectivity index (χ2n) is 5.91. The van der Waals surface area contributed by atoms with Crippen LogP contribution in [-0.4, -0.2) is 30.1 Å². The minimum absolute atomic E-state index is 0.0631. The van der Waals surface area contributed by atoms with Crippen LogP contribution in [-0.2, 0) is 16.0 Å².